The van der Waals surface area contributed by atoms with Gasteiger partial charge in [-0.2, -0.15) is 0 Å². The van der Waals surface area contributed by atoms with Gasteiger partial charge in [-0.25, -0.2) is 9.97 Å². The minimum absolute atomic E-state index is 0.116. The van der Waals surface area contributed by atoms with Gasteiger partial charge in [0.2, 0.25) is 5.95 Å². The molecule has 8 nitrogen and oxygen atoms in total. The molecule has 26 heavy (non-hydrogen) atoms. The zero-order chi connectivity index (χ0) is 18.1. The summed E-state index contributed by atoms with van der Waals surface area (Å²) in [6.07, 6.45) is 7.38. The minimum atomic E-state index is -0.884. The molecule has 2 aliphatic rings. The van der Waals surface area contributed by atoms with Crippen LogP contribution in [0, 0.1) is 11.3 Å². The molecule has 1 amide bonds. The van der Waals surface area contributed by atoms with Crippen LogP contribution >= 0.6 is 0 Å². The molecule has 0 aliphatic carbocycles. The van der Waals surface area contributed by atoms with Crippen LogP contribution in [0.25, 0.3) is 0 Å². The van der Waals surface area contributed by atoms with Gasteiger partial charge in [0.05, 0.1) is 17.2 Å². The number of carbonyl (C=O) groups is 2. The van der Waals surface area contributed by atoms with Gasteiger partial charge in [0.25, 0.3) is 5.91 Å². The van der Waals surface area contributed by atoms with Crippen molar-refractivity contribution in [2.75, 3.05) is 31.1 Å². The molecule has 4 heterocycles. The molecule has 2 fully saturated rings. The molecule has 2 aromatic heterocycles. The Morgan fingerprint density at radius 2 is 2.08 bits per heavy atom. The van der Waals surface area contributed by atoms with Crippen LogP contribution in [0.5, 0.6) is 0 Å². The van der Waals surface area contributed by atoms with Gasteiger partial charge in [0, 0.05) is 44.5 Å². The molecule has 0 unspecified atom stereocenters. The molecular formula is C18H20N4O4. The van der Waals surface area contributed by atoms with Gasteiger partial charge in [-0.05, 0) is 25.0 Å². The first kappa shape index (κ1) is 16.6. The summed E-state index contributed by atoms with van der Waals surface area (Å²) in [5.41, 5.74) is -0.390. The van der Waals surface area contributed by atoms with Crippen LogP contribution in [-0.2, 0) is 4.79 Å². The molecule has 0 aromatic carbocycles. The Morgan fingerprint density at radius 1 is 1.27 bits per heavy atom. The predicted molar refractivity (Wildman–Crippen MR) is 91.6 cm³/mol. The molecule has 4 rings (SSSR count). The molecule has 2 atom stereocenters. The number of carboxylic acid groups (broad SMARTS) is 1. The third-order valence-electron chi connectivity index (χ3n) is 5.50. The lowest BCUT2D eigenvalue weighted by Crippen LogP contribution is -2.42. The number of nitrogens with zero attached hydrogens (tertiary/aromatic N) is 4. The first-order valence-electron chi connectivity index (χ1n) is 8.67. The Morgan fingerprint density at radius 3 is 2.77 bits per heavy atom. The average molecular weight is 356 g/mol. The van der Waals surface area contributed by atoms with Crippen LogP contribution < -0.4 is 4.90 Å². The van der Waals surface area contributed by atoms with Crippen molar-refractivity contribution in [3.63, 3.8) is 0 Å². The molecule has 1 N–H and O–H groups in total. The van der Waals surface area contributed by atoms with Gasteiger partial charge in [0.1, 0.15) is 6.26 Å². The molecule has 136 valence electrons. The highest BCUT2D eigenvalue weighted by Gasteiger charge is 2.54. The number of anilines is 1. The van der Waals surface area contributed by atoms with Gasteiger partial charge in [-0.15, -0.1) is 0 Å². The quantitative estimate of drug-likeness (QED) is 0.890. The van der Waals surface area contributed by atoms with Crippen LogP contribution in [0.2, 0.25) is 0 Å². The summed E-state index contributed by atoms with van der Waals surface area (Å²) in [4.78, 5) is 37.1. The second kappa shape index (κ2) is 6.44. The SMILES string of the molecule is O=C(c1ccoc1)N1CCC[C@]2(C(=O)O)CN(c3ncccn3)C[C@@H]2C1. The van der Waals surface area contributed by atoms with E-state index >= 15 is 0 Å². The number of hydrogen-bond acceptors (Lipinski definition) is 6. The fraction of sp³-hybridized carbons (Fsp3) is 0.444. The number of likely N-dealkylation sites (tertiary alicyclic amines) is 1. The van der Waals surface area contributed by atoms with Crippen molar-refractivity contribution in [3.05, 3.63) is 42.6 Å². The maximum absolute atomic E-state index is 12.7. The maximum Gasteiger partial charge on any atom is 0.311 e. The normalized spacial score (nSPS) is 25.6. The van der Waals surface area contributed by atoms with E-state index in [1.165, 1.54) is 12.5 Å². The van der Waals surface area contributed by atoms with Gasteiger partial charge >= 0.3 is 5.97 Å². The molecule has 2 aliphatic heterocycles. The fourth-order valence-corrected chi connectivity index (χ4v) is 4.14. The minimum Gasteiger partial charge on any atom is -0.481 e. The second-order valence-electron chi connectivity index (χ2n) is 6.95. The number of carbonyl (C=O) groups excluding carboxylic acids is 1. The zero-order valence-electron chi connectivity index (χ0n) is 14.2. The molecule has 0 spiro atoms. The lowest BCUT2D eigenvalue weighted by Gasteiger charge is -2.29. The van der Waals surface area contributed by atoms with Crippen molar-refractivity contribution >= 4 is 17.8 Å². The maximum atomic E-state index is 12.7. The number of amides is 1. The smallest absolute Gasteiger partial charge is 0.311 e. The number of aliphatic carboxylic acids is 1. The zero-order valence-corrected chi connectivity index (χ0v) is 14.2. The lowest BCUT2D eigenvalue weighted by atomic mass is 9.75. The Labute approximate surface area is 150 Å². The van der Waals surface area contributed by atoms with Crippen LogP contribution in [-0.4, -0.2) is 58.0 Å². The Bertz CT molecular complexity index is 795. The van der Waals surface area contributed by atoms with E-state index in [-0.39, 0.29) is 11.8 Å². The highest BCUT2D eigenvalue weighted by atomic mass is 16.4. The summed E-state index contributed by atoms with van der Waals surface area (Å²) in [6, 6.07) is 3.37. The summed E-state index contributed by atoms with van der Waals surface area (Å²) in [7, 11) is 0. The molecule has 0 radical (unpaired) electrons. The van der Waals surface area contributed by atoms with Crippen LogP contribution in [0.3, 0.4) is 0 Å². The van der Waals surface area contributed by atoms with E-state index in [0.29, 0.717) is 50.5 Å². The third-order valence-corrected chi connectivity index (χ3v) is 5.50. The largest absolute Gasteiger partial charge is 0.481 e. The number of rotatable bonds is 3. The van der Waals surface area contributed by atoms with Crippen molar-refractivity contribution in [2.45, 2.75) is 12.8 Å². The van der Waals surface area contributed by atoms with Gasteiger partial charge in [0.15, 0.2) is 0 Å². The van der Waals surface area contributed by atoms with Gasteiger partial charge in [-0.3, -0.25) is 9.59 Å². The third kappa shape index (κ3) is 2.71. The number of furan rings is 1. The Balaban J connectivity index is 1.61. The number of carboxylic acids is 1. The number of aromatic nitrogens is 2. The fourth-order valence-electron chi connectivity index (χ4n) is 4.14. The van der Waals surface area contributed by atoms with Crippen molar-refractivity contribution in [2.24, 2.45) is 11.3 Å². The van der Waals surface area contributed by atoms with Crippen molar-refractivity contribution in [1.29, 1.82) is 0 Å². The topological polar surface area (TPSA) is 99.8 Å². The Hall–Kier alpha value is -2.90. The first-order valence-corrected chi connectivity index (χ1v) is 8.67. The first-order chi connectivity index (χ1) is 12.6. The number of hydrogen-bond donors (Lipinski definition) is 1. The predicted octanol–water partition coefficient (Wildman–Crippen LogP) is 1.51. The lowest BCUT2D eigenvalue weighted by molar-refractivity contribution is -0.150. The van der Waals surface area contributed by atoms with Crippen LogP contribution in [0.4, 0.5) is 5.95 Å². The van der Waals surface area contributed by atoms with E-state index in [1.807, 2.05) is 4.90 Å². The van der Waals surface area contributed by atoms with Crippen molar-refractivity contribution in [1.82, 2.24) is 14.9 Å². The van der Waals surface area contributed by atoms with Crippen LogP contribution in [0.1, 0.15) is 23.2 Å². The van der Waals surface area contributed by atoms with Gasteiger partial charge < -0.3 is 19.3 Å². The highest BCUT2D eigenvalue weighted by molar-refractivity contribution is 5.94. The molecule has 8 heteroatoms. The van der Waals surface area contributed by atoms with Crippen molar-refractivity contribution < 1.29 is 19.1 Å². The molecule has 2 saturated heterocycles. The molecular weight excluding hydrogens is 336 g/mol. The summed E-state index contributed by atoms with van der Waals surface area (Å²) < 4.78 is 5.01. The second-order valence-corrected chi connectivity index (χ2v) is 6.95. The van der Waals surface area contributed by atoms with E-state index in [2.05, 4.69) is 9.97 Å². The van der Waals surface area contributed by atoms with Gasteiger partial charge in [-0.1, -0.05) is 0 Å². The van der Waals surface area contributed by atoms with E-state index in [9.17, 15) is 14.7 Å². The molecule has 0 saturated carbocycles. The summed E-state index contributed by atoms with van der Waals surface area (Å²) in [5.74, 6) is -0.566. The van der Waals surface area contributed by atoms with E-state index in [0.717, 1.165) is 0 Å². The molecule has 0 bridgehead atoms. The Kier molecular flexibility index (Phi) is 4.10. The van der Waals surface area contributed by atoms with E-state index in [1.54, 1.807) is 29.4 Å². The summed E-state index contributed by atoms with van der Waals surface area (Å²) in [6.45, 7) is 1.84. The summed E-state index contributed by atoms with van der Waals surface area (Å²) >= 11 is 0. The molecule has 2 aromatic rings. The monoisotopic (exact) mass is 356 g/mol. The average Bonchev–Trinajstić information content (AvgIpc) is 3.27. The standard InChI is InChI=1S/C18H20N4O4/c23-15(13-3-8-26-11-13)21-7-1-4-18(16(24)25)12-22(10-14(18)9-21)17-19-5-2-6-20-17/h2-3,5-6,8,11,14H,1,4,7,9-10,12H2,(H,24,25)/t14-,18-/m0/s1. The summed E-state index contributed by atoms with van der Waals surface area (Å²) in [5, 5.41) is 10.0. The van der Waals surface area contributed by atoms with Crippen molar-refractivity contribution in [3.8, 4) is 0 Å². The highest BCUT2D eigenvalue weighted by Crippen LogP contribution is 2.43. The number of fused-ring (bicyclic) bond motifs is 1. The van der Waals surface area contributed by atoms with E-state index < -0.39 is 11.4 Å². The van der Waals surface area contributed by atoms with Crippen LogP contribution in [0.15, 0.2) is 41.5 Å². The van der Waals surface area contributed by atoms with E-state index in [4.69, 9.17) is 4.42 Å².